The third-order valence-corrected chi connectivity index (χ3v) is 3.22. The number of carbonyl (C=O) groups excluding carboxylic acids is 1. The zero-order valence-corrected chi connectivity index (χ0v) is 10.4. The maximum atomic E-state index is 11.1. The Labute approximate surface area is 97.8 Å². The van der Waals surface area contributed by atoms with Gasteiger partial charge >= 0.3 is 5.97 Å². The average Bonchev–Trinajstić information content (AvgIpc) is 2.30. The molecule has 16 heavy (non-hydrogen) atoms. The number of ether oxygens (including phenoxy) is 2. The zero-order valence-electron chi connectivity index (χ0n) is 10.4. The van der Waals surface area contributed by atoms with Crippen LogP contribution >= 0.6 is 0 Å². The minimum Gasteiger partial charge on any atom is -0.469 e. The van der Waals surface area contributed by atoms with Crippen LogP contribution in [0.4, 0.5) is 0 Å². The van der Waals surface area contributed by atoms with E-state index in [0.717, 1.165) is 19.4 Å². The van der Waals surface area contributed by atoms with Gasteiger partial charge in [-0.15, -0.1) is 0 Å². The van der Waals surface area contributed by atoms with Crippen LogP contribution in [0.1, 0.15) is 26.7 Å². The monoisotopic (exact) mass is 226 g/mol. The van der Waals surface area contributed by atoms with E-state index in [1.54, 1.807) is 0 Å². The number of methoxy groups -OCH3 is 1. The highest BCUT2D eigenvalue weighted by atomic mass is 16.5. The number of allylic oxidation sites excluding steroid dienone is 2. The summed E-state index contributed by atoms with van der Waals surface area (Å²) in [6.45, 7) is 5.28. The molecule has 3 nitrogen and oxygen atoms in total. The van der Waals surface area contributed by atoms with Crippen LogP contribution in [-0.4, -0.2) is 26.3 Å². The van der Waals surface area contributed by atoms with Crippen LogP contribution in [0.5, 0.6) is 0 Å². The van der Waals surface area contributed by atoms with Crippen LogP contribution in [0, 0.1) is 17.8 Å². The number of hydrogen-bond donors (Lipinski definition) is 0. The largest absolute Gasteiger partial charge is 0.469 e. The van der Waals surface area contributed by atoms with Gasteiger partial charge in [0, 0.05) is 6.61 Å². The predicted octanol–water partition coefficient (Wildman–Crippen LogP) is 2.41. The maximum Gasteiger partial charge on any atom is 0.310 e. The molecule has 0 amide bonds. The standard InChI is InChI=1S/C13H22O3/c1-10-6-4-5-7-12(10)9-16-8-11(2)13(14)15-3/h4-5,10-12H,6-9H2,1-3H3. The quantitative estimate of drug-likeness (QED) is 0.533. The fraction of sp³-hybridized carbons (Fsp3) is 0.769. The Kier molecular flexibility index (Phi) is 5.53. The second-order valence-electron chi connectivity index (χ2n) is 4.64. The van der Waals surface area contributed by atoms with Gasteiger partial charge in [-0.25, -0.2) is 0 Å². The van der Waals surface area contributed by atoms with Crippen LogP contribution < -0.4 is 0 Å². The molecule has 92 valence electrons. The Morgan fingerprint density at radius 2 is 2.12 bits per heavy atom. The van der Waals surface area contributed by atoms with E-state index in [-0.39, 0.29) is 11.9 Å². The molecule has 0 fully saturated rings. The molecule has 3 heteroatoms. The Bertz CT molecular complexity index is 248. The Hall–Kier alpha value is -0.830. The van der Waals surface area contributed by atoms with Gasteiger partial charge < -0.3 is 9.47 Å². The summed E-state index contributed by atoms with van der Waals surface area (Å²) >= 11 is 0. The summed E-state index contributed by atoms with van der Waals surface area (Å²) in [5.41, 5.74) is 0. The smallest absolute Gasteiger partial charge is 0.310 e. The van der Waals surface area contributed by atoms with Gasteiger partial charge in [-0.1, -0.05) is 19.1 Å². The first-order chi connectivity index (χ1) is 7.65. The summed E-state index contributed by atoms with van der Waals surface area (Å²) in [4.78, 5) is 11.1. The molecule has 0 radical (unpaired) electrons. The van der Waals surface area contributed by atoms with Crippen LogP contribution in [0.3, 0.4) is 0 Å². The first-order valence-electron chi connectivity index (χ1n) is 5.95. The van der Waals surface area contributed by atoms with Gasteiger partial charge in [-0.2, -0.15) is 0 Å². The van der Waals surface area contributed by atoms with Crippen molar-refractivity contribution in [3.05, 3.63) is 12.2 Å². The van der Waals surface area contributed by atoms with Crippen LogP contribution in [0.25, 0.3) is 0 Å². The highest BCUT2D eigenvalue weighted by Gasteiger charge is 2.19. The molecule has 0 heterocycles. The molecule has 0 aromatic carbocycles. The summed E-state index contributed by atoms with van der Waals surface area (Å²) in [5, 5.41) is 0. The molecule has 1 rings (SSSR count). The number of esters is 1. The van der Waals surface area contributed by atoms with E-state index in [1.165, 1.54) is 7.11 Å². The normalized spacial score (nSPS) is 26.4. The molecule has 1 aliphatic carbocycles. The molecule has 0 aliphatic heterocycles. The summed E-state index contributed by atoms with van der Waals surface area (Å²) in [5.74, 6) is 0.907. The SMILES string of the molecule is COC(=O)C(C)COCC1CC=CCC1C. The number of rotatable bonds is 5. The van der Waals surface area contributed by atoms with E-state index < -0.39 is 0 Å². The molecular weight excluding hydrogens is 204 g/mol. The summed E-state index contributed by atoms with van der Waals surface area (Å²) in [7, 11) is 1.41. The van der Waals surface area contributed by atoms with Crippen LogP contribution in [0.15, 0.2) is 12.2 Å². The fourth-order valence-corrected chi connectivity index (χ4v) is 1.90. The molecule has 0 saturated heterocycles. The lowest BCUT2D eigenvalue weighted by atomic mass is 9.85. The minimum atomic E-state index is -0.198. The van der Waals surface area contributed by atoms with Gasteiger partial charge in [0.15, 0.2) is 0 Å². The lowest BCUT2D eigenvalue weighted by molar-refractivity contribution is -0.147. The number of hydrogen-bond acceptors (Lipinski definition) is 3. The van der Waals surface area contributed by atoms with E-state index >= 15 is 0 Å². The number of carbonyl (C=O) groups is 1. The lowest BCUT2D eigenvalue weighted by Gasteiger charge is -2.25. The molecule has 0 aromatic heterocycles. The first-order valence-corrected chi connectivity index (χ1v) is 5.95. The first kappa shape index (κ1) is 13.2. The summed E-state index contributed by atoms with van der Waals surface area (Å²) in [6, 6.07) is 0. The highest BCUT2D eigenvalue weighted by molar-refractivity contribution is 5.71. The van der Waals surface area contributed by atoms with E-state index in [0.29, 0.717) is 18.4 Å². The summed E-state index contributed by atoms with van der Waals surface area (Å²) < 4.78 is 10.2. The van der Waals surface area contributed by atoms with Gasteiger partial charge in [0.05, 0.1) is 19.6 Å². The Morgan fingerprint density at radius 1 is 1.44 bits per heavy atom. The van der Waals surface area contributed by atoms with Gasteiger partial charge in [0.1, 0.15) is 0 Å². The molecule has 0 N–H and O–H groups in total. The predicted molar refractivity (Wildman–Crippen MR) is 63.0 cm³/mol. The zero-order chi connectivity index (χ0) is 12.0. The van der Waals surface area contributed by atoms with Crippen molar-refractivity contribution in [2.45, 2.75) is 26.7 Å². The van der Waals surface area contributed by atoms with Gasteiger partial charge in [-0.3, -0.25) is 4.79 Å². The van der Waals surface area contributed by atoms with Crippen molar-refractivity contribution in [2.24, 2.45) is 17.8 Å². The molecule has 0 aromatic rings. The van der Waals surface area contributed by atoms with E-state index in [9.17, 15) is 4.79 Å². The summed E-state index contributed by atoms with van der Waals surface area (Å²) in [6.07, 6.45) is 6.68. The van der Waals surface area contributed by atoms with Crippen molar-refractivity contribution in [3.8, 4) is 0 Å². The molecule has 0 saturated carbocycles. The van der Waals surface area contributed by atoms with Crippen LogP contribution in [0.2, 0.25) is 0 Å². The molecule has 0 bridgehead atoms. The third kappa shape index (κ3) is 3.97. The van der Waals surface area contributed by atoms with Crippen molar-refractivity contribution in [3.63, 3.8) is 0 Å². The lowest BCUT2D eigenvalue weighted by Crippen LogP contribution is -2.23. The molecular formula is C13H22O3. The fourth-order valence-electron chi connectivity index (χ4n) is 1.90. The van der Waals surface area contributed by atoms with Crippen molar-refractivity contribution in [1.82, 2.24) is 0 Å². The highest BCUT2D eigenvalue weighted by Crippen LogP contribution is 2.25. The van der Waals surface area contributed by atoms with Crippen LogP contribution in [-0.2, 0) is 14.3 Å². The minimum absolute atomic E-state index is 0.167. The van der Waals surface area contributed by atoms with E-state index in [4.69, 9.17) is 4.74 Å². The Balaban J connectivity index is 2.20. The molecule has 3 unspecified atom stereocenters. The van der Waals surface area contributed by atoms with Crippen molar-refractivity contribution in [1.29, 1.82) is 0 Å². The van der Waals surface area contributed by atoms with Crippen molar-refractivity contribution >= 4 is 5.97 Å². The molecule has 0 spiro atoms. The topological polar surface area (TPSA) is 35.5 Å². The van der Waals surface area contributed by atoms with Gasteiger partial charge in [0.25, 0.3) is 0 Å². The second-order valence-corrected chi connectivity index (χ2v) is 4.64. The van der Waals surface area contributed by atoms with E-state index in [2.05, 4.69) is 23.8 Å². The Morgan fingerprint density at radius 3 is 2.75 bits per heavy atom. The van der Waals surface area contributed by atoms with Crippen molar-refractivity contribution < 1.29 is 14.3 Å². The average molecular weight is 226 g/mol. The third-order valence-electron chi connectivity index (χ3n) is 3.22. The van der Waals surface area contributed by atoms with E-state index in [1.807, 2.05) is 6.92 Å². The van der Waals surface area contributed by atoms with Gasteiger partial charge in [0.2, 0.25) is 0 Å². The molecule has 3 atom stereocenters. The molecule has 1 aliphatic rings. The second kappa shape index (κ2) is 6.69. The maximum absolute atomic E-state index is 11.1. The van der Waals surface area contributed by atoms with Gasteiger partial charge in [-0.05, 0) is 31.6 Å². The van der Waals surface area contributed by atoms with Crippen molar-refractivity contribution in [2.75, 3.05) is 20.3 Å².